The summed E-state index contributed by atoms with van der Waals surface area (Å²) in [5.74, 6) is 1.31. The van der Waals surface area contributed by atoms with E-state index in [1.54, 1.807) is 0 Å². The maximum Gasteiger partial charge on any atom is 0.233 e. The van der Waals surface area contributed by atoms with E-state index in [9.17, 15) is 14.4 Å². The lowest BCUT2D eigenvalue weighted by molar-refractivity contribution is -0.140. The number of amides is 3. The fraction of sp³-hybridized carbons (Fsp3) is 0.609. The summed E-state index contributed by atoms with van der Waals surface area (Å²) in [7, 11) is 0. The highest BCUT2D eigenvalue weighted by molar-refractivity contribution is 6.05. The summed E-state index contributed by atoms with van der Waals surface area (Å²) >= 11 is 0. The molecule has 3 heterocycles. The molecule has 2 unspecified atom stereocenters. The molecule has 31 heavy (non-hydrogen) atoms. The van der Waals surface area contributed by atoms with E-state index in [0.717, 1.165) is 17.3 Å². The van der Waals surface area contributed by atoms with Crippen LogP contribution in [0.25, 0.3) is 0 Å². The van der Waals surface area contributed by atoms with E-state index in [1.807, 2.05) is 30.0 Å². The second-order valence-corrected chi connectivity index (χ2v) is 8.98. The van der Waals surface area contributed by atoms with Gasteiger partial charge in [0.2, 0.25) is 17.7 Å². The fourth-order valence-electron chi connectivity index (χ4n) is 4.63. The molecule has 2 aliphatic heterocycles. The molecule has 0 spiro atoms. The van der Waals surface area contributed by atoms with Crippen LogP contribution in [0.3, 0.4) is 0 Å². The predicted octanol–water partition coefficient (Wildman–Crippen LogP) is 1.90. The molecule has 0 aromatic carbocycles. The number of carbonyl (C=O) groups is 3. The number of carbonyl (C=O) groups excluding carboxylic acids is 3. The van der Waals surface area contributed by atoms with Gasteiger partial charge in [0.1, 0.15) is 11.6 Å². The van der Waals surface area contributed by atoms with Gasteiger partial charge in [-0.2, -0.15) is 0 Å². The van der Waals surface area contributed by atoms with Crippen LogP contribution in [0.5, 0.6) is 0 Å². The summed E-state index contributed by atoms with van der Waals surface area (Å²) in [5.41, 5.74) is 0.947. The lowest BCUT2D eigenvalue weighted by Crippen LogP contribution is -2.49. The Labute approximate surface area is 183 Å². The molecular formula is C23H31N5O3. The summed E-state index contributed by atoms with van der Waals surface area (Å²) in [6.07, 6.45) is 5.40. The molecule has 0 N–H and O–H groups in total. The molecule has 1 aromatic heterocycles. The molecule has 8 heteroatoms. The van der Waals surface area contributed by atoms with Gasteiger partial charge in [-0.25, -0.2) is 9.97 Å². The lowest BCUT2D eigenvalue weighted by atomic mass is 9.85. The Morgan fingerprint density at radius 1 is 1.03 bits per heavy atom. The minimum absolute atomic E-state index is 0.00464. The van der Waals surface area contributed by atoms with Crippen LogP contribution >= 0.6 is 0 Å². The van der Waals surface area contributed by atoms with Crippen LogP contribution in [0.4, 0.5) is 5.82 Å². The third-order valence-corrected chi connectivity index (χ3v) is 6.48. The highest BCUT2D eigenvalue weighted by atomic mass is 16.2. The van der Waals surface area contributed by atoms with Gasteiger partial charge >= 0.3 is 0 Å². The number of hydrogen-bond donors (Lipinski definition) is 0. The molecule has 166 valence electrons. The van der Waals surface area contributed by atoms with E-state index < -0.39 is 0 Å². The molecule has 0 radical (unpaired) electrons. The van der Waals surface area contributed by atoms with E-state index in [1.165, 1.54) is 4.90 Å². The molecule has 2 saturated heterocycles. The Kier molecular flexibility index (Phi) is 6.07. The van der Waals surface area contributed by atoms with Crippen molar-refractivity contribution in [3.63, 3.8) is 0 Å². The van der Waals surface area contributed by atoms with Crippen molar-refractivity contribution >= 4 is 23.5 Å². The summed E-state index contributed by atoms with van der Waals surface area (Å²) in [6.45, 7) is 8.95. The van der Waals surface area contributed by atoms with Crippen molar-refractivity contribution in [1.29, 1.82) is 0 Å². The van der Waals surface area contributed by atoms with Crippen molar-refractivity contribution in [1.82, 2.24) is 19.8 Å². The van der Waals surface area contributed by atoms with E-state index in [-0.39, 0.29) is 48.4 Å². The quantitative estimate of drug-likeness (QED) is 0.529. The van der Waals surface area contributed by atoms with Gasteiger partial charge in [-0.15, -0.1) is 0 Å². The van der Waals surface area contributed by atoms with Gasteiger partial charge < -0.3 is 9.80 Å². The van der Waals surface area contributed by atoms with E-state index in [0.29, 0.717) is 39.0 Å². The molecule has 0 saturated carbocycles. The highest BCUT2D eigenvalue weighted by Gasteiger charge is 2.47. The van der Waals surface area contributed by atoms with E-state index in [2.05, 4.69) is 23.7 Å². The van der Waals surface area contributed by atoms with Crippen LogP contribution in [0.15, 0.2) is 18.2 Å². The number of nitrogens with zero attached hydrogens (tertiary/aromatic N) is 5. The average Bonchev–Trinajstić information content (AvgIpc) is 3.01. The maximum atomic E-state index is 12.7. The Hall–Kier alpha value is -2.77. The number of likely N-dealkylation sites (tertiary alicyclic amines) is 1. The van der Waals surface area contributed by atoms with Gasteiger partial charge in [0.05, 0.1) is 11.8 Å². The summed E-state index contributed by atoms with van der Waals surface area (Å²) < 4.78 is 0. The number of piperazine rings is 1. The average molecular weight is 426 g/mol. The Balaban J connectivity index is 1.30. The zero-order valence-electron chi connectivity index (χ0n) is 18.6. The van der Waals surface area contributed by atoms with Crippen molar-refractivity contribution in [2.24, 2.45) is 11.8 Å². The normalized spacial score (nSPS) is 23.7. The second kappa shape index (κ2) is 8.77. The third kappa shape index (κ3) is 4.34. The van der Waals surface area contributed by atoms with E-state index >= 15 is 0 Å². The van der Waals surface area contributed by atoms with Gasteiger partial charge in [-0.3, -0.25) is 19.3 Å². The van der Waals surface area contributed by atoms with Crippen LogP contribution in [0.1, 0.15) is 50.5 Å². The van der Waals surface area contributed by atoms with Crippen LogP contribution in [0.2, 0.25) is 0 Å². The standard InChI is InChI=1S/C23H31N5O3/c1-15(2)21-24-16(3)14-19(25-21)26-10-12-27(13-11-26)20(29)8-9-28-22(30)17-6-4-5-7-18(17)23(28)31/h4-5,14-15,17-18H,6-13H2,1-3H3. The largest absolute Gasteiger partial charge is 0.353 e. The number of allylic oxidation sites excluding steroid dienone is 2. The highest BCUT2D eigenvalue weighted by Crippen LogP contribution is 2.35. The van der Waals surface area contributed by atoms with Gasteiger partial charge in [-0.1, -0.05) is 26.0 Å². The second-order valence-electron chi connectivity index (χ2n) is 8.98. The summed E-state index contributed by atoms with van der Waals surface area (Å²) in [5, 5.41) is 0. The zero-order valence-corrected chi connectivity index (χ0v) is 18.6. The minimum atomic E-state index is -0.233. The van der Waals surface area contributed by atoms with Crippen molar-refractivity contribution in [3.8, 4) is 0 Å². The predicted molar refractivity (Wildman–Crippen MR) is 116 cm³/mol. The van der Waals surface area contributed by atoms with Crippen LogP contribution < -0.4 is 4.90 Å². The van der Waals surface area contributed by atoms with Crippen molar-refractivity contribution in [2.75, 3.05) is 37.6 Å². The number of aryl methyl sites for hydroxylation is 1. The Morgan fingerprint density at radius 2 is 1.65 bits per heavy atom. The molecule has 3 aliphatic rings. The molecule has 2 atom stereocenters. The molecule has 1 aromatic rings. The molecule has 4 rings (SSSR count). The Bertz CT molecular complexity index is 878. The molecular weight excluding hydrogens is 394 g/mol. The number of anilines is 1. The molecule has 8 nitrogen and oxygen atoms in total. The van der Waals surface area contributed by atoms with Crippen molar-refractivity contribution < 1.29 is 14.4 Å². The third-order valence-electron chi connectivity index (χ3n) is 6.48. The van der Waals surface area contributed by atoms with Crippen LogP contribution in [-0.2, 0) is 14.4 Å². The number of hydrogen-bond acceptors (Lipinski definition) is 6. The Morgan fingerprint density at radius 3 is 2.23 bits per heavy atom. The van der Waals surface area contributed by atoms with Crippen LogP contribution in [0, 0.1) is 18.8 Å². The van der Waals surface area contributed by atoms with Gasteiger partial charge in [0, 0.05) is 56.8 Å². The first-order chi connectivity index (χ1) is 14.8. The first kappa shape index (κ1) is 21.5. The number of rotatable bonds is 5. The fourth-order valence-corrected chi connectivity index (χ4v) is 4.63. The number of fused-ring (bicyclic) bond motifs is 1. The number of imide groups is 1. The first-order valence-electron chi connectivity index (χ1n) is 11.2. The van der Waals surface area contributed by atoms with Gasteiger partial charge in [-0.05, 0) is 19.8 Å². The maximum absolute atomic E-state index is 12.7. The van der Waals surface area contributed by atoms with Crippen molar-refractivity contribution in [2.45, 2.75) is 46.0 Å². The summed E-state index contributed by atoms with van der Waals surface area (Å²) in [6, 6.07) is 1.99. The smallest absolute Gasteiger partial charge is 0.233 e. The summed E-state index contributed by atoms with van der Waals surface area (Å²) in [4.78, 5) is 52.4. The molecule has 1 aliphatic carbocycles. The van der Waals surface area contributed by atoms with Crippen LogP contribution in [-0.4, -0.2) is 70.2 Å². The lowest BCUT2D eigenvalue weighted by Gasteiger charge is -2.36. The van der Waals surface area contributed by atoms with Gasteiger partial charge in [0.15, 0.2) is 0 Å². The molecule has 2 fully saturated rings. The SMILES string of the molecule is Cc1cc(N2CCN(C(=O)CCN3C(=O)C4CC=CCC4C3=O)CC2)nc(C(C)C)n1. The van der Waals surface area contributed by atoms with Gasteiger partial charge in [0.25, 0.3) is 0 Å². The molecule has 0 bridgehead atoms. The monoisotopic (exact) mass is 425 g/mol. The van der Waals surface area contributed by atoms with Crippen molar-refractivity contribution in [3.05, 3.63) is 29.7 Å². The molecule has 3 amide bonds. The first-order valence-corrected chi connectivity index (χ1v) is 11.2. The minimum Gasteiger partial charge on any atom is -0.353 e. The number of aromatic nitrogens is 2. The zero-order chi connectivity index (χ0) is 22.1. The topological polar surface area (TPSA) is 86.7 Å². The van der Waals surface area contributed by atoms with E-state index in [4.69, 9.17) is 4.98 Å².